The number of hydrogen-bond acceptors (Lipinski definition) is 0. The molecule has 4 aliphatic carbocycles. The molecule has 7 atom stereocenters. The molecule has 3 saturated carbocycles. The van der Waals surface area contributed by atoms with Gasteiger partial charge in [-0.1, -0.05) is 106 Å². The van der Waals surface area contributed by atoms with Crippen molar-refractivity contribution in [3.8, 4) is 0 Å². The van der Waals surface area contributed by atoms with Crippen molar-refractivity contribution in [2.75, 3.05) is 0 Å². The molecule has 0 saturated heterocycles. The van der Waals surface area contributed by atoms with Gasteiger partial charge in [-0.25, -0.2) is 0 Å². The van der Waals surface area contributed by atoms with E-state index < -0.39 is 0 Å². The van der Waals surface area contributed by atoms with Gasteiger partial charge < -0.3 is 0 Å². The van der Waals surface area contributed by atoms with Gasteiger partial charge in [0.15, 0.2) is 0 Å². The van der Waals surface area contributed by atoms with Gasteiger partial charge in [0.05, 0.1) is 0 Å². The Bertz CT molecular complexity index is 583. The SMILES string of the molecule is CC.CC(C)CCCCC1CCC2C3CC=C4C[C@@H](C)CCC4(C)C3CCC12C.CCCC. The van der Waals surface area contributed by atoms with Crippen LogP contribution in [0.25, 0.3) is 0 Å². The lowest BCUT2D eigenvalue weighted by Crippen LogP contribution is -2.49. The van der Waals surface area contributed by atoms with E-state index in [4.69, 9.17) is 0 Å². The van der Waals surface area contributed by atoms with Gasteiger partial charge in [-0.2, -0.15) is 0 Å². The first-order valence-corrected chi connectivity index (χ1v) is 15.5. The van der Waals surface area contributed by atoms with E-state index in [1.807, 2.05) is 19.4 Å². The fourth-order valence-electron chi connectivity index (χ4n) is 8.37. The van der Waals surface area contributed by atoms with Crippen molar-refractivity contribution in [2.45, 2.75) is 152 Å². The quantitative estimate of drug-likeness (QED) is 0.274. The highest BCUT2D eigenvalue weighted by Crippen LogP contribution is 2.67. The summed E-state index contributed by atoms with van der Waals surface area (Å²) >= 11 is 0. The summed E-state index contributed by atoms with van der Waals surface area (Å²) in [7, 11) is 0. The standard InChI is InChI=1S/C27H46.C4H10.C2H6/c1-19(2)8-6-7-9-21-11-13-24-23-12-10-22-18-20(3)14-16-27(22,5)25(23)15-17-26(21,24)4;1-3-4-2;1-2/h10,19-21,23-25H,6-9,11-18H2,1-5H3;3-4H2,1-2H3;1-2H3/t20-,21?,23?,24?,25?,26?,27?;;/m0../s1. The van der Waals surface area contributed by atoms with Crippen LogP contribution < -0.4 is 0 Å². The molecule has 0 aliphatic heterocycles. The zero-order valence-corrected chi connectivity index (χ0v) is 24.4. The Morgan fingerprint density at radius 1 is 0.909 bits per heavy atom. The number of rotatable bonds is 6. The number of fused-ring (bicyclic) bond motifs is 5. The van der Waals surface area contributed by atoms with Gasteiger partial charge in [0, 0.05) is 0 Å². The van der Waals surface area contributed by atoms with Crippen LogP contribution in [0.3, 0.4) is 0 Å². The Labute approximate surface area is 210 Å². The predicted molar refractivity (Wildman–Crippen MR) is 150 cm³/mol. The molecule has 6 unspecified atom stereocenters. The fraction of sp³-hybridized carbons (Fsp3) is 0.939. The molecule has 0 amide bonds. The van der Waals surface area contributed by atoms with Crippen LogP contribution in [0, 0.1) is 46.3 Å². The number of hydrogen-bond donors (Lipinski definition) is 0. The second kappa shape index (κ2) is 13.2. The summed E-state index contributed by atoms with van der Waals surface area (Å²) in [5.41, 5.74) is 3.10. The van der Waals surface area contributed by atoms with Gasteiger partial charge in [-0.15, -0.1) is 0 Å². The van der Waals surface area contributed by atoms with Crippen LogP contribution in [-0.2, 0) is 0 Å². The number of allylic oxidation sites excluding steroid dienone is 2. The second-order valence-electron chi connectivity index (χ2n) is 13.1. The van der Waals surface area contributed by atoms with E-state index in [0.29, 0.717) is 10.8 Å². The van der Waals surface area contributed by atoms with Crippen LogP contribution in [0.15, 0.2) is 11.6 Å². The monoisotopic (exact) mass is 458 g/mol. The highest BCUT2D eigenvalue weighted by molar-refractivity contribution is 5.24. The van der Waals surface area contributed by atoms with Crippen molar-refractivity contribution in [1.82, 2.24) is 0 Å². The van der Waals surface area contributed by atoms with Crippen LogP contribution in [0.4, 0.5) is 0 Å². The third-order valence-electron chi connectivity index (χ3n) is 10.6. The zero-order valence-electron chi connectivity index (χ0n) is 24.4. The molecule has 0 heteroatoms. The molecule has 3 fully saturated rings. The second-order valence-corrected chi connectivity index (χ2v) is 13.1. The third kappa shape index (κ3) is 6.50. The fourth-order valence-corrected chi connectivity index (χ4v) is 8.37. The molecule has 4 aliphatic rings. The summed E-state index contributed by atoms with van der Waals surface area (Å²) in [4.78, 5) is 0. The summed E-state index contributed by atoms with van der Waals surface area (Å²) in [6.45, 7) is 21.0. The summed E-state index contributed by atoms with van der Waals surface area (Å²) in [6.07, 6.45) is 23.2. The highest BCUT2D eigenvalue weighted by Gasteiger charge is 2.58. The summed E-state index contributed by atoms with van der Waals surface area (Å²) < 4.78 is 0. The molecule has 0 N–H and O–H groups in total. The van der Waals surface area contributed by atoms with Crippen LogP contribution in [0.5, 0.6) is 0 Å². The number of unbranched alkanes of at least 4 members (excludes halogenated alkanes) is 2. The molecular formula is C33H62. The van der Waals surface area contributed by atoms with Crippen molar-refractivity contribution in [2.24, 2.45) is 46.3 Å². The minimum atomic E-state index is 0.562. The first-order chi connectivity index (χ1) is 15.8. The molecule has 194 valence electrons. The molecule has 0 nitrogen and oxygen atoms in total. The molecule has 0 aromatic carbocycles. The van der Waals surface area contributed by atoms with Crippen molar-refractivity contribution in [1.29, 1.82) is 0 Å². The lowest BCUT2D eigenvalue weighted by atomic mass is 9.47. The van der Waals surface area contributed by atoms with Crippen LogP contribution in [0.2, 0.25) is 0 Å². The Kier molecular flexibility index (Phi) is 11.6. The van der Waals surface area contributed by atoms with E-state index in [1.165, 1.54) is 83.5 Å². The topological polar surface area (TPSA) is 0 Å². The largest absolute Gasteiger partial charge is 0.0845 e. The average molecular weight is 459 g/mol. The van der Waals surface area contributed by atoms with E-state index >= 15 is 0 Å². The Morgan fingerprint density at radius 3 is 2.24 bits per heavy atom. The molecule has 0 aromatic heterocycles. The van der Waals surface area contributed by atoms with Gasteiger partial charge in [-0.05, 0) is 104 Å². The van der Waals surface area contributed by atoms with E-state index in [2.05, 4.69) is 54.5 Å². The first-order valence-electron chi connectivity index (χ1n) is 15.5. The molecule has 0 heterocycles. The summed E-state index contributed by atoms with van der Waals surface area (Å²) in [6, 6.07) is 0. The summed E-state index contributed by atoms with van der Waals surface area (Å²) in [5, 5.41) is 0. The third-order valence-corrected chi connectivity index (χ3v) is 10.6. The smallest absolute Gasteiger partial charge is 0.00851 e. The maximum atomic E-state index is 2.75. The molecule has 0 radical (unpaired) electrons. The van der Waals surface area contributed by atoms with E-state index in [-0.39, 0.29) is 0 Å². The predicted octanol–water partition coefficient (Wildman–Crippen LogP) is 11.3. The molecule has 0 aromatic rings. The molecule has 0 bridgehead atoms. The molecule has 33 heavy (non-hydrogen) atoms. The van der Waals surface area contributed by atoms with Crippen LogP contribution in [-0.4, -0.2) is 0 Å². The lowest BCUT2D eigenvalue weighted by Gasteiger charge is -2.58. The first kappa shape index (κ1) is 29.0. The maximum absolute atomic E-state index is 2.75. The van der Waals surface area contributed by atoms with Crippen molar-refractivity contribution < 1.29 is 0 Å². The highest BCUT2D eigenvalue weighted by atomic mass is 14.6. The van der Waals surface area contributed by atoms with Gasteiger partial charge in [-0.3, -0.25) is 0 Å². The van der Waals surface area contributed by atoms with Crippen molar-refractivity contribution in [3.63, 3.8) is 0 Å². The van der Waals surface area contributed by atoms with E-state index in [0.717, 1.165) is 35.5 Å². The molecule has 4 rings (SSSR count). The van der Waals surface area contributed by atoms with Gasteiger partial charge in [0.1, 0.15) is 0 Å². The Hall–Kier alpha value is -0.260. The average Bonchev–Trinajstić information content (AvgIpc) is 3.15. The Morgan fingerprint density at radius 2 is 1.61 bits per heavy atom. The molecule has 0 spiro atoms. The van der Waals surface area contributed by atoms with Gasteiger partial charge in [0.25, 0.3) is 0 Å². The van der Waals surface area contributed by atoms with Gasteiger partial charge >= 0.3 is 0 Å². The van der Waals surface area contributed by atoms with Gasteiger partial charge in [0.2, 0.25) is 0 Å². The van der Waals surface area contributed by atoms with Crippen LogP contribution in [0.1, 0.15) is 152 Å². The minimum absolute atomic E-state index is 0.562. The minimum Gasteiger partial charge on any atom is -0.0845 e. The normalized spacial score (nSPS) is 39.2. The van der Waals surface area contributed by atoms with E-state index in [1.54, 1.807) is 6.42 Å². The van der Waals surface area contributed by atoms with Crippen molar-refractivity contribution >= 4 is 0 Å². The van der Waals surface area contributed by atoms with Crippen LogP contribution >= 0.6 is 0 Å². The lowest BCUT2D eigenvalue weighted by molar-refractivity contribution is -0.0450. The summed E-state index contributed by atoms with van der Waals surface area (Å²) in [5.74, 6) is 5.88. The Balaban J connectivity index is 0.000000582. The maximum Gasteiger partial charge on any atom is -0.00851 e. The van der Waals surface area contributed by atoms with Crippen molar-refractivity contribution in [3.05, 3.63) is 11.6 Å². The molecular weight excluding hydrogens is 396 g/mol. The zero-order chi connectivity index (χ0) is 24.6. The van der Waals surface area contributed by atoms with E-state index in [9.17, 15) is 0 Å².